The number of nitrogens with two attached hydrogens (primary N) is 1. The lowest BCUT2D eigenvalue weighted by atomic mass is 10.1. The third-order valence-electron chi connectivity index (χ3n) is 3.13. The molecule has 0 bridgehead atoms. The molecule has 0 saturated carbocycles. The number of nitrogens with zero attached hydrogens (tertiary/aromatic N) is 1. The highest BCUT2D eigenvalue weighted by Gasteiger charge is 2.07. The van der Waals surface area contributed by atoms with E-state index in [1.807, 2.05) is 25.2 Å². The second kappa shape index (κ2) is 5.22. The summed E-state index contributed by atoms with van der Waals surface area (Å²) in [5, 5.41) is 0. The van der Waals surface area contributed by atoms with Crippen molar-refractivity contribution >= 4 is 17.1 Å². The van der Waals surface area contributed by atoms with Gasteiger partial charge < -0.3 is 15.4 Å². The van der Waals surface area contributed by atoms with Crippen LogP contribution >= 0.6 is 0 Å². The molecule has 0 aliphatic heterocycles. The van der Waals surface area contributed by atoms with Gasteiger partial charge in [0.1, 0.15) is 5.75 Å². The normalized spacial score (nSPS) is 10.3. The van der Waals surface area contributed by atoms with E-state index in [0.29, 0.717) is 5.69 Å². The minimum absolute atomic E-state index is 0.700. The lowest BCUT2D eigenvalue weighted by Crippen LogP contribution is -2.10. The fourth-order valence-corrected chi connectivity index (χ4v) is 2.21. The van der Waals surface area contributed by atoms with E-state index >= 15 is 0 Å². The Kier molecular flexibility index (Phi) is 3.65. The summed E-state index contributed by atoms with van der Waals surface area (Å²) >= 11 is 0. The minimum atomic E-state index is 0.700. The average Bonchev–Trinajstić information content (AvgIpc) is 2.35. The molecule has 0 atom stereocenters. The first-order chi connectivity index (χ1) is 8.99. The van der Waals surface area contributed by atoms with E-state index in [2.05, 4.69) is 36.9 Å². The number of ether oxygens (including phenoxy) is 1. The molecule has 2 N–H and O–H groups in total. The second-order valence-corrected chi connectivity index (χ2v) is 4.87. The van der Waals surface area contributed by atoms with Gasteiger partial charge in [0.05, 0.1) is 7.11 Å². The van der Waals surface area contributed by atoms with Gasteiger partial charge in [0.2, 0.25) is 0 Å². The zero-order chi connectivity index (χ0) is 14.0. The number of hydrogen-bond acceptors (Lipinski definition) is 3. The van der Waals surface area contributed by atoms with Crippen molar-refractivity contribution in [2.24, 2.45) is 0 Å². The minimum Gasteiger partial charge on any atom is -0.497 e. The first kappa shape index (κ1) is 13.3. The number of benzene rings is 2. The van der Waals surface area contributed by atoms with E-state index in [1.165, 1.54) is 11.1 Å². The van der Waals surface area contributed by atoms with Crippen LogP contribution in [-0.4, -0.2) is 14.2 Å². The number of anilines is 3. The molecule has 0 fully saturated rings. The topological polar surface area (TPSA) is 38.5 Å². The van der Waals surface area contributed by atoms with Crippen molar-refractivity contribution < 1.29 is 4.74 Å². The molecule has 2 aromatic carbocycles. The van der Waals surface area contributed by atoms with E-state index in [9.17, 15) is 0 Å². The van der Waals surface area contributed by atoms with Crippen LogP contribution < -0.4 is 15.4 Å². The Labute approximate surface area is 114 Å². The molecular weight excluding hydrogens is 236 g/mol. The van der Waals surface area contributed by atoms with Crippen LogP contribution in [0.3, 0.4) is 0 Å². The maximum atomic E-state index is 5.90. The van der Waals surface area contributed by atoms with Crippen molar-refractivity contribution in [1.82, 2.24) is 0 Å². The molecular formula is C16H20N2O. The highest BCUT2D eigenvalue weighted by atomic mass is 16.5. The number of nitrogen functional groups attached to an aromatic ring is 1. The molecule has 100 valence electrons. The number of hydrogen-bond donors (Lipinski definition) is 1. The van der Waals surface area contributed by atoms with Crippen molar-refractivity contribution in [2.45, 2.75) is 13.8 Å². The van der Waals surface area contributed by atoms with Gasteiger partial charge in [0.15, 0.2) is 0 Å². The Bertz CT molecular complexity index is 573. The first-order valence-electron chi connectivity index (χ1n) is 6.26. The molecule has 0 aliphatic carbocycles. The molecule has 2 aromatic rings. The summed E-state index contributed by atoms with van der Waals surface area (Å²) in [6.07, 6.45) is 0. The van der Waals surface area contributed by atoms with Crippen molar-refractivity contribution in [3.8, 4) is 5.75 Å². The predicted octanol–water partition coefficient (Wildman–Crippen LogP) is 3.66. The largest absolute Gasteiger partial charge is 0.497 e. The van der Waals surface area contributed by atoms with Crippen LogP contribution in [0.25, 0.3) is 0 Å². The summed E-state index contributed by atoms with van der Waals surface area (Å²) < 4.78 is 5.26. The lowest BCUT2D eigenvalue weighted by Gasteiger charge is -2.21. The molecule has 19 heavy (non-hydrogen) atoms. The van der Waals surface area contributed by atoms with Crippen LogP contribution in [0, 0.1) is 13.8 Å². The fourth-order valence-electron chi connectivity index (χ4n) is 2.21. The molecule has 0 aliphatic rings. The van der Waals surface area contributed by atoms with E-state index in [1.54, 1.807) is 7.11 Å². The summed E-state index contributed by atoms with van der Waals surface area (Å²) in [5.41, 5.74) is 11.3. The Balaban J connectivity index is 2.43. The Hall–Kier alpha value is -2.16. The molecule has 3 nitrogen and oxygen atoms in total. The zero-order valence-electron chi connectivity index (χ0n) is 11.9. The molecule has 0 amide bonds. The van der Waals surface area contributed by atoms with E-state index < -0.39 is 0 Å². The molecule has 0 spiro atoms. The number of rotatable bonds is 3. The molecule has 2 rings (SSSR count). The van der Waals surface area contributed by atoms with Gasteiger partial charge in [-0.3, -0.25) is 0 Å². The maximum absolute atomic E-state index is 5.90. The van der Waals surface area contributed by atoms with Gasteiger partial charge >= 0.3 is 0 Å². The van der Waals surface area contributed by atoms with E-state index in [-0.39, 0.29) is 0 Å². The molecule has 0 saturated heterocycles. The van der Waals surface area contributed by atoms with Gasteiger partial charge in [0, 0.05) is 36.2 Å². The summed E-state index contributed by atoms with van der Waals surface area (Å²) in [7, 11) is 3.68. The highest BCUT2D eigenvalue weighted by Crippen LogP contribution is 2.30. The van der Waals surface area contributed by atoms with Crippen molar-refractivity contribution in [2.75, 3.05) is 24.8 Å². The van der Waals surface area contributed by atoms with Crippen molar-refractivity contribution in [3.05, 3.63) is 47.5 Å². The first-order valence-corrected chi connectivity index (χ1v) is 6.26. The van der Waals surface area contributed by atoms with Gasteiger partial charge in [-0.15, -0.1) is 0 Å². The smallest absolute Gasteiger partial charge is 0.122 e. The molecule has 0 radical (unpaired) electrons. The highest BCUT2D eigenvalue weighted by molar-refractivity contribution is 5.69. The molecule has 0 heterocycles. The lowest BCUT2D eigenvalue weighted by molar-refractivity contribution is 0.415. The summed E-state index contributed by atoms with van der Waals surface area (Å²) in [6, 6.07) is 12.2. The van der Waals surface area contributed by atoms with Gasteiger partial charge in [-0.1, -0.05) is 6.07 Å². The Morgan fingerprint density at radius 2 is 1.47 bits per heavy atom. The second-order valence-electron chi connectivity index (χ2n) is 4.87. The molecule has 0 aromatic heterocycles. The molecule has 3 heteroatoms. The van der Waals surface area contributed by atoms with Gasteiger partial charge in [-0.25, -0.2) is 0 Å². The number of methoxy groups -OCH3 is 1. The quantitative estimate of drug-likeness (QED) is 0.852. The van der Waals surface area contributed by atoms with Gasteiger partial charge in [-0.05, 0) is 43.2 Å². The molecule has 0 unspecified atom stereocenters. The van der Waals surface area contributed by atoms with Gasteiger partial charge in [0.25, 0.3) is 0 Å². The Morgan fingerprint density at radius 1 is 0.895 bits per heavy atom. The summed E-state index contributed by atoms with van der Waals surface area (Å²) in [4.78, 5) is 2.11. The predicted molar refractivity (Wildman–Crippen MR) is 81.4 cm³/mol. The van der Waals surface area contributed by atoms with Crippen LogP contribution in [0.2, 0.25) is 0 Å². The third kappa shape index (κ3) is 2.99. The van der Waals surface area contributed by atoms with Crippen molar-refractivity contribution in [3.63, 3.8) is 0 Å². The SMILES string of the molecule is COc1cc(N)cc(N(C)c2cc(C)cc(C)c2)c1. The van der Waals surface area contributed by atoms with Crippen LogP contribution in [0.1, 0.15) is 11.1 Å². The van der Waals surface area contributed by atoms with Gasteiger partial charge in [-0.2, -0.15) is 0 Å². The van der Waals surface area contributed by atoms with Crippen LogP contribution in [-0.2, 0) is 0 Å². The van der Waals surface area contributed by atoms with Crippen LogP contribution in [0.4, 0.5) is 17.1 Å². The standard InChI is InChI=1S/C16H20N2O/c1-11-5-12(2)7-14(6-11)18(3)15-8-13(17)9-16(10-15)19-4/h5-10H,17H2,1-4H3. The fraction of sp³-hybridized carbons (Fsp3) is 0.250. The average molecular weight is 256 g/mol. The zero-order valence-corrected chi connectivity index (χ0v) is 11.9. The summed E-state index contributed by atoms with van der Waals surface area (Å²) in [6.45, 7) is 4.20. The monoisotopic (exact) mass is 256 g/mol. The van der Waals surface area contributed by atoms with Crippen molar-refractivity contribution in [1.29, 1.82) is 0 Å². The third-order valence-corrected chi connectivity index (χ3v) is 3.13. The maximum Gasteiger partial charge on any atom is 0.122 e. The Morgan fingerprint density at radius 3 is 2.05 bits per heavy atom. The number of aryl methyl sites for hydroxylation is 2. The van der Waals surface area contributed by atoms with E-state index in [0.717, 1.165) is 17.1 Å². The van der Waals surface area contributed by atoms with E-state index in [4.69, 9.17) is 10.5 Å². The van der Waals surface area contributed by atoms with Crippen LogP contribution in [0.15, 0.2) is 36.4 Å². The summed E-state index contributed by atoms with van der Waals surface area (Å²) in [5.74, 6) is 0.770. The van der Waals surface area contributed by atoms with Crippen LogP contribution in [0.5, 0.6) is 5.75 Å².